The van der Waals surface area contributed by atoms with Gasteiger partial charge in [0.15, 0.2) is 0 Å². The van der Waals surface area contributed by atoms with E-state index in [1.165, 1.54) is 0 Å². The van der Waals surface area contributed by atoms with E-state index < -0.39 is 0 Å². The first kappa shape index (κ1) is 11.0. The van der Waals surface area contributed by atoms with E-state index in [9.17, 15) is 4.79 Å². The molecule has 1 aromatic carbocycles. The quantitative estimate of drug-likeness (QED) is 0.757. The lowest BCUT2D eigenvalue weighted by Gasteiger charge is -2.02. The Morgan fingerprint density at radius 3 is 3.06 bits per heavy atom. The van der Waals surface area contributed by atoms with Crippen LogP contribution in [0.3, 0.4) is 0 Å². The van der Waals surface area contributed by atoms with Gasteiger partial charge in [-0.15, -0.1) is 11.3 Å². The van der Waals surface area contributed by atoms with Crippen molar-refractivity contribution in [3.63, 3.8) is 0 Å². The second kappa shape index (κ2) is 4.62. The lowest BCUT2D eigenvalue weighted by molar-refractivity contribution is 0.0952. The van der Waals surface area contributed by atoms with Crippen molar-refractivity contribution in [3.05, 3.63) is 53.2 Å². The Kier molecular flexibility index (Phi) is 2.82. The molecule has 0 spiro atoms. The standard InChI is InChI=1S/C13H11N3OS/c17-13(14-7-9-5-6-15-16-9)11-8-18-12-4-2-1-3-10(11)12/h1-6,8H,7H2,(H,14,17)(H,15,16). The molecule has 2 aromatic heterocycles. The molecule has 0 atom stereocenters. The summed E-state index contributed by atoms with van der Waals surface area (Å²) in [5.41, 5.74) is 1.62. The van der Waals surface area contributed by atoms with Gasteiger partial charge in [-0.2, -0.15) is 5.10 Å². The van der Waals surface area contributed by atoms with Crippen molar-refractivity contribution in [2.75, 3.05) is 0 Å². The van der Waals surface area contributed by atoms with Crippen molar-refractivity contribution in [2.24, 2.45) is 0 Å². The van der Waals surface area contributed by atoms with Crippen LogP contribution in [0.5, 0.6) is 0 Å². The fraction of sp³-hybridized carbons (Fsp3) is 0.0769. The smallest absolute Gasteiger partial charge is 0.253 e. The summed E-state index contributed by atoms with van der Waals surface area (Å²) in [7, 11) is 0. The van der Waals surface area contributed by atoms with Crippen LogP contribution in [0.1, 0.15) is 16.1 Å². The Labute approximate surface area is 108 Å². The van der Waals surface area contributed by atoms with Gasteiger partial charge >= 0.3 is 0 Å². The maximum absolute atomic E-state index is 12.1. The summed E-state index contributed by atoms with van der Waals surface area (Å²) < 4.78 is 1.13. The summed E-state index contributed by atoms with van der Waals surface area (Å²) in [4.78, 5) is 12.1. The predicted octanol–water partition coefficient (Wildman–Crippen LogP) is 2.55. The molecule has 5 heteroatoms. The van der Waals surface area contributed by atoms with Gasteiger partial charge in [-0.1, -0.05) is 18.2 Å². The van der Waals surface area contributed by atoms with E-state index in [0.29, 0.717) is 6.54 Å². The molecular weight excluding hydrogens is 246 g/mol. The van der Waals surface area contributed by atoms with Crippen molar-refractivity contribution in [2.45, 2.75) is 6.54 Å². The molecule has 0 saturated carbocycles. The van der Waals surface area contributed by atoms with Crippen LogP contribution in [0.4, 0.5) is 0 Å². The molecule has 3 rings (SSSR count). The number of nitrogens with zero attached hydrogens (tertiary/aromatic N) is 1. The first-order valence-corrected chi connectivity index (χ1v) is 6.45. The minimum Gasteiger partial charge on any atom is -0.346 e. The van der Waals surface area contributed by atoms with Gasteiger partial charge in [0.25, 0.3) is 5.91 Å². The van der Waals surface area contributed by atoms with Gasteiger partial charge in [0.1, 0.15) is 0 Å². The van der Waals surface area contributed by atoms with Crippen molar-refractivity contribution >= 4 is 27.3 Å². The molecule has 0 aliphatic carbocycles. The van der Waals surface area contributed by atoms with Crippen molar-refractivity contribution in [3.8, 4) is 0 Å². The van der Waals surface area contributed by atoms with E-state index in [4.69, 9.17) is 0 Å². The van der Waals surface area contributed by atoms with E-state index >= 15 is 0 Å². The maximum atomic E-state index is 12.1. The Morgan fingerprint density at radius 2 is 2.22 bits per heavy atom. The number of hydrogen-bond acceptors (Lipinski definition) is 3. The van der Waals surface area contributed by atoms with E-state index in [1.807, 2.05) is 35.7 Å². The van der Waals surface area contributed by atoms with Gasteiger partial charge in [0.2, 0.25) is 0 Å². The third-order valence-corrected chi connectivity index (χ3v) is 3.69. The van der Waals surface area contributed by atoms with Gasteiger partial charge in [0.05, 0.1) is 17.8 Å². The van der Waals surface area contributed by atoms with Gasteiger partial charge in [-0.05, 0) is 12.1 Å². The molecular formula is C13H11N3OS. The van der Waals surface area contributed by atoms with Crippen molar-refractivity contribution in [1.29, 1.82) is 0 Å². The van der Waals surface area contributed by atoms with Gasteiger partial charge in [-0.25, -0.2) is 0 Å². The fourth-order valence-electron chi connectivity index (χ4n) is 1.81. The zero-order chi connectivity index (χ0) is 12.4. The van der Waals surface area contributed by atoms with E-state index in [-0.39, 0.29) is 5.91 Å². The van der Waals surface area contributed by atoms with Crippen LogP contribution >= 0.6 is 11.3 Å². The van der Waals surface area contributed by atoms with E-state index in [0.717, 1.165) is 21.3 Å². The zero-order valence-corrected chi connectivity index (χ0v) is 10.3. The number of aromatic nitrogens is 2. The molecule has 0 unspecified atom stereocenters. The largest absolute Gasteiger partial charge is 0.346 e. The SMILES string of the molecule is O=C(NCc1ccn[nH]1)c1csc2ccccc12. The summed E-state index contributed by atoms with van der Waals surface area (Å²) >= 11 is 1.58. The number of aromatic amines is 1. The third-order valence-electron chi connectivity index (χ3n) is 2.72. The van der Waals surface area contributed by atoms with Crippen LogP contribution in [0.15, 0.2) is 41.9 Å². The Bertz CT molecular complexity index is 672. The van der Waals surface area contributed by atoms with Gasteiger partial charge in [-0.3, -0.25) is 9.89 Å². The fourth-order valence-corrected chi connectivity index (χ4v) is 2.75. The molecule has 18 heavy (non-hydrogen) atoms. The normalized spacial score (nSPS) is 10.7. The number of rotatable bonds is 3. The van der Waals surface area contributed by atoms with E-state index in [1.54, 1.807) is 17.5 Å². The molecule has 0 radical (unpaired) electrons. The highest BCUT2D eigenvalue weighted by Crippen LogP contribution is 2.25. The minimum atomic E-state index is -0.0537. The molecule has 2 N–H and O–H groups in total. The summed E-state index contributed by atoms with van der Waals surface area (Å²) in [6.45, 7) is 0.461. The monoisotopic (exact) mass is 257 g/mol. The lowest BCUT2D eigenvalue weighted by atomic mass is 10.1. The third kappa shape index (κ3) is 2.00. The number of amides is 1. The van der Waals surface area contributed by atoms with Crippen molar-refractivity contribution < 1.29 is 4.79 Å². The molecule has 0 aliphatic rings. The maximum Gasteiger partial charge on any atom is 0.253 e. The molecule has 90 valence electrons. The topological polar surface area (TPSA) is 57.8 Å². The van der Waals surface area contributed by atoms with Crippen LogP contribution in [-0.2, 0) is 6.54 Å². The number of hydrogen-bond donors (Lipinski definition) is 2. The number of carbonyl (C=O) groups excluding carboxylic acids is 1. The first-order valence-electron chi connectivity index (χ1n) is 5.57. The van der Waals surface area contributed by atoms with Crippen LogP contribution in [0, 0.1) is 0 Å². The van der Waals surface area contributed by atoms with E-state index in [2.05, 4.69) is 15.5 Å². The summed E-state index contributed by atoms with van der Waals surface area (Å²) in [5, 5.41) is 12.4. The van der Waals surface area contributed by atoms with Crippen LogP contribution < -0.4 is 5.32 Å². The highest BCUT2D eigenvalue weighted by atomic mass is 32.1. The number of benzene rings is 1. The lowest BCUT2D eigenvalue weighted by Crippen LogP contribution is -2.22. The summed E-state index contributed by atoms with van der Waals surface area (Å²) in [6.07, 6.45) is 1.67. The Morgan fingerprint density at radius 1 is 1.33 bits per heavy atom. The molecule has 0 bridgehead atoms. The number of nitrogens with one attached hydrogen (secondary N) is 2. The van der Waals surface area contributed by atoms with Gasteiger partial charge < -0.3 is 5.32 Å². The molecule has 0 saturated heterocycles. The number of thiophene rings is 1. The minimum absolute atomic E-state index is 0.0537. The number of fused-ring (bicyclic) bond motifs is 1. The molecule has 0 fully saturated rings. The second-order valence-corrected chi connectivity index (χ2v) is 4.82. The van der Waals surface area contributed by atoms with Crippen molar-refractivity contribution in [1.82, 2.24) is 15.5 Å². The molecule has 2 heterocycles. The Hall–Kier alpha value is -2.14. The summed E-state index contributed by atoms with van der Waals surface area (Å²) in [5.74, 6) is -0.0537. The zero-order valence-electron chi connectivity index (χ0n) is 9.51. The average Bonchev–Trinajstić information content (AvgIpc) is 3.05. The predicted molar refractivity (Wildman–Crippen MR) is 71.6 cm³/mol. The first-order chi connectivity index (χ1) is 8.84. The highest BCUT2D eigenvalue weighted by molar-refractivity contribution is 7.17. The molecule has 3 aromatic rings. The molecule has 1 amide bonds. The van der Waals surface area contributed by atoms with Crippen LogP contribution in [-0.4, -0.2) is 16.1 Å². The average molecular weight is 257 g/mol. The van der Waals surface area contributed by atoms with Crippen LogP contribution in [0.2, 0.25) is 0 Å². The molecule has 4 nitrogen and oxygen atoms in total. The highest BCUT2D eigenvalue weighted by Gasteiger charge is 2.11. The summed E-state index contributed by atoms with van der Waals surface area (Å²) in [6, 6.07) is 9.75. The van der Waals surface area contributed by atoms with Gasteiger partial charge in [0, 0.05) is 21.7 Å². The number of H-pyrrole nitrogens is 1. The Balaban J connectivity index is 1.80. The number of carbonyl (C=O) groups is 1. The van der Waals surface area contributed by atoms with Crippen LogP contribution in [0.25, 0.3) is 10.1 Å². The molecule has 0 aliphatic heterocycles. The second-order valence-electron chi connectivity index (χ2n) is 3.91.